The normalized spacial score (nSPS) is 11.4. The minimum Gasteiger partial charge on any atom is -0.478 e. The summed E-state index contributed by atoms with van der Waals surface area (Å²) in [7, 11) is 0. The number of nitrogens with one attached hydrogen (secondary N) is 2. The minimum atomic E-state index is -1.03. The maximum absolute atomic E-state index is 12.5. The van der Waals surface area contributed by atoms with Gasteiger partial charge < -0.3 is 15.7 Å². The Hall–Kier alpha value is -3.15. The molecule has 0 fully saturated rings. The van der Waals surface area contributed by atoms with Gasteiger partial charge in [-0.05, 0) is 42.8 Å². The molecule has 0 bridgehead atoms. The Bertz CT molecular complexity index is 784. The summed E-state index contributed by atoms with van der Waals surface area (Å²) in [5, 5.41) is 14.4. The van der Waals surface area contributed by atoms with Crippen LogP contribution in [0.2, 0.25) is 0 Å². The SMILES string of the molecule is CCC(C)C(=O)Nc1ccccc1C(=O)Nc1ccc(C(=O)O)cc1. The number of carboxylic acid groups (broad SMARTS) is 1. The van der Waals surface area contributed by atoms with Crippen molar-refractivity contribution in [3.63, 3.8) is 0 Å². The summed E-state index contributed by atoms with van der Waals surface area (Å²) >= 11 is 0. The van der Waals surface area contributed by atoms with Crippen LogP contribution in [-0.2, 0) is 4.79 Å². The first-order valence-electron chi connectivity index (χ1n) is 7.97. The van der Waals surface area contributed by atoms with E-state index in [4.69, 9.17) is 5.11 Å². The Kier molecular flexibility index (Phi) is 5.89. The Morgan fingerprint density at radius 2 is 1.64 bits per heavy atom. The third-order valence-corrected chi connectivity index (χ3v) is 3.88. The number of aromatic carboxylic acids is 1. The molecule has 0 saturated carbocycles. The minimum absolute atomic E-state index is 0.138. The van der Waals surface area contributed by atoms with Crippen molar-refractivity contribution in [1.29, 1.82) is 0 Å². The van der Waals surface area contributed by atoms with Crippen molar-refractivity contribution >= 4 is 29.2 Å². The lowest BCUT2D eigenvalue weighted by Crippen LogP contribution is -2.22. The molecule has 0 aliphatic carbocycles. The van der Waals surface area contributed by atoms with Crippen LogP contribution in [0.4, 0.5) is 11.4 Å². The largest absolute Gasteiger partial charge is 0.478 e. The van der Waals surface area contributed by atoms with Crippen LogP contribution in [0.15, 0.2) is 48.5 Å². The molecular formula is C19H20N2O4. The molecule has 6 heteroatoms. The molecule has 1 atom stereocenters. The zero-order chi connectivity index (χ0) is 18.4. The van der Waals surface area contributed by atoms with E-state index in [0.717, 1.165) is 0 Å². The second-order valence-electron chi connectivity index (χ2n) is 5.68. The summed E-state index contributed by atoms with van der Waals surface area (Å²) in [6.07, 6.45) is 0.704. The van der Waals surface area contributed by atoms with Gasteiger partial charge in [-0.15, -0.1) is 0 Å². The summed E-state index contributed by atoms with van der Waals surface area (Å²) in [4.78, 5) is 35.4. The number of carbonyl (C=O) groups excluding carboxylic acids is 2. The quantitative estimate of drug-likeness (QED) is 0.748. The van der Waals surface area contributed by atoms with E-state index in [0.29, 0.717) is 23.4 Å². The van der Waals surface area contributed by atoms with E-state index in [1.165, 1.54) is 24.3 Å². The Morgan fingerprint density at radius 1 is 1.00 bits per heavy atom. The molecule has 0 spiro atoms. The third kappa shape index (κ3) is 4.67. The van der Waals surface area contributed by atoms with Gasteiger partial charge in [-0.2, -0.15) is 0 Å². The number of para-hydroxylation sites is 1. The van der Waals surface area contributed by atoms with Gasteiger partial charge in [-0.1, -0.05) is 26.0 Å². The standard InChI is InChI=1S/C19H20N2O4/c1-3-12(2)17(22)21-16-7-5-4-6-15(16)18(23)20-14-10-8-13(9-11-14)19(24)25/h4-12H,3H2,1-2H3,(H,20,23)(H,21,22)(H,24,25). The fraction of sp³-hybridized carbons (Fsp3) is 0.211. The topological polar surface area (TPSA) is 95.5 Å². The highest BCUT2D eigenvalue weighted by molar-refractivity contribution is 6.10. The molecule has 0 heterocycles. The monoisotopic (exact) mass is 340 g/mol. The maximum atomic E-state index is 12.5. The van der Waals surface area contributed by atoms with Crippen LogP contribution in [0.1, 0.15) is 41.0 Å². The number of hydrogen-bond acceptors (Lipinski definition) is 3. The predicted octanol–water partition coefficient (Wildman–Crippen LogP) is 3.62. The van der Waals surface area contributed by atoms with E-state index in [9.17, 15) is 14.4 Å². The molecule has 3 N–H and O–H groups in total. The van der Waals surface area contributed by atoms with Gasteiger partial charge in [0.1, 0.15) is 0 Å². The maximum Gasteiger partial charge on any atom is 0.335 e. The van der Waals surface area contributed by atoms with Crippen molar-refractivity contribution < 1.29 is 19.5 Å². The summed E-state index contributed by atoms with van der Waals surface area (Å²) in [5.74, 6) is -1.72. The van der Waals surface area contributed by atoms with E-state index in [2.05, 4.69) is 10.6 Å². The van der Waals surface area contributed by atoms with Gasteiger partial charge in [0.25, 0.3) is 5.91 Å². The van der Waals surface area contributed by atoms with Crippen LogP contribution < -0.4 is 10.6 Å². The second kappa shape index (κ2) is 8.10. The molecule has 0 radical (unpaired) electrons. The first-order chi connectivity index (χ1) is 11.9. The summed E-state index contributed by atoms with van der Waals surface area (Å²) in [6.45, 7) is 3.74. The number of benzene rings is 2. The van der Waals surface area contributed by atoms with Gasteiger partial charge in [0, 0.05) is 11.6 Å². The average molecular weight is 340 g/mol. The molecule has 2 aromatic rings. The predicted molar refractivity (Wildman–Crippen MR) is 95.9 cm³/mol. The molecule has 2 rings (SSSR count). The number of hydrogen-bond donors (Lipinski definition) is 3. The van der Waals surface area contributed by atoms with Crippen LogP contribution >= 0.6 is 0 Å². The summed E-state index contributed by atoms with van der Waals surface area (Å²) in [5.41, 5.74) is 1.38. The number of amides is 2. The number of carbonyl (C=O) groups is 3. The van der Waals surface area contributed by atoms with Crippen LogP contribution in [0, 0.1) is 5.92 Å². The van der Waals surface area contributed by atoms with Gasteiger partial charge in [0.05, 0.1) is 16.8 Å². The Labute approximate surface area is 145 Å². The lowest BCUT2D eigenvalue weighted by molar-refractivity contribution is -0.119. The molecular weight excluding hydrogens is 320 g/mol. The van der Waals surface area contributed by atoms with E-state index >= 15 is 0 Å². The van der Waals surface area contributed by atoms with Crippen LogP contribution in [0.5, 0.6) is 0 Å². The molecule has 6 nitrogen and oxygen atoms in total. The highest BCUT2D eigenvalue weighted by Gasteiger charge is 2.16. The van der Waals surface area contributed by atoms with E-state index in [1.807, 2.05) is 13.8 Å². The van der Waals surface area contributed by atoms with Crippen LogP contribution in [-0.4, -0.2) is 22.9 Å². The molecule has 2 aromatic carbocycles. The van der Waals surface area contributed by atoms with Crippen molar-refractivity contribution in [2.75, 3.05) is 10.6 Å². The van der Waals surface area contributed by atoms with Crippen molar-refractivity contribution in [2.24, 2.45) is 5.92 Å². The number of carboxylic acids is 1. The van der Waals surface area contributed by atoms with E-state index in [1.54, 1.807) is 24.3 Å². The summed E-state index contributed by atoms with van der Waals surface area (Å²) < 4.78 is 0. The zero-order valence-corrected chi connectivity index (χ0v) is 14.1. The van der Waals surface area contributed by atoms with Crippen molar-refractivity contribution in [3.05, 3.63) is 59.7 Å². The number of anilines is 2. The fourth-order valence-corrected chi connectivity index (χ4v) is 2.13. The van der Waals surface area contributed by atoms with Gasteiger partial charge in [0.15, 0.2) is 0 Å². The van der Waals surface area contributed by atoms with Gasteiger partial charge >= 0.3 is 5.97 Å². The molecule has 2 amide bonds. The van der Waals surface area contributed by atoms with Crippen molar-refractivity contribution in [3.8, 4) is 0 Å². The first-order valence-corrected chi connectivity index (χ1v) is 7.97. The highest BCUT2D eigenvalue weighted by atomic mass is 16.4. The first kappa shape index (κ1) is 18.2. The molecule has 0 aromatic heterocycles. The molecule has 0 saturated heterocycles. The van der Waals surface area contributed by atoms with Crippen LogP contribution in [0.25, 0.3) is 0 Å². The van der Waals surface area contributed by atoms with E-state index in [-0.39, 0.29) is 23.3 Å². The van der Waals surface area contributed by atoms with Crippen LogP contribution in [0.3, 0.4) is 0 Å². The molecule has 25 heavy (non-hydrogen) atoms. The molecule has 0 aliphatic heterocycles. The summed E-state index contributed by atoms with van der Waals surface area (Å²) in [6, 6.07) is 12.6. The Morgan fingerprint density at radius 3 is 2.24 bits per heavy atom. The average Bonchev–Trinajstić information content (AvgIpc) is 2.61. The molecule has 1 unspecified atom stereocenters. The van der Waals surface area contributed by atoms with E-state index < -0.39 is 5.97 Å². The Balaban J connectivity index is 2.16. The lowest BCUT2D eigenvalue weighted by Gasteiger charge is -2.14. The lowest BCUT2D eigenvalue weighted by atomic mass is 10.1. The fourth-order valence-electron chi connectivity index (χ4n) is 2.13. The van der Waals surface area contributed by atoms with Crippen molar-refractivity contribution in [1.82, 2.24) is 0 Å². The molecule has 130 valence electrons. The smallest absolute Gasteiger partial charge is 0.335 e. The van der Waals surface area contributed by atoms with Crippen molar-refractivity contribution in [2.45, 2.75) is 20.3 Å². The van der Waals surface area contributed by atoms with Gasteiger partial charge in [-0.3, -0.25) is 9.59 Å². The molecule has 0 aliphatic rings. The second-order valence-corrected chi connectivity index (χ2v) is 5.68. The highest BCUT2D eigenvalue weighted by Crippen LogP contribution is 2.19. The third-order valence-electron chi connectivity index (χ3n) is 3.88. The number of rotatable bonds is 6. The van der Waals surface area contributed by atoms with Gasteiger partial charge in [-0.25, -0.2) is 4.79 Å². The van der Waals surface area contributed by atoms with Gasteiger partial charge in [0.2, 0.25) is 5.91 Å². The zero-order valence-electron chi connectivity index (χ0n) is 14.1.